The van der Waals surface area contributed by atoms with Crippen molar-refractivity contribution >= 4 is 33.4 Å². The number of hydrogen-bond acceptors (Lipinski definition) is 4. The van der Waals surface area contributed by atoms with Crippen molar-refractivity contribution in [1.29, 1.82) is 0 Å². The molecule has 7 nitrogen and oxygen atoms in total. The fourth-order valence-electron chi connectivity index (χ4n) is 2.36. The highest BCUT2D eigenvalue weighted by Crippen LogP contribution is 2.20. The first-order valence-corrected chi connectivity index (χ1v) is 9.23. The Balaban J connectivity index is 1.87. The molecule has 0 aliphatic rings. The second kappa shape index (κ2) is 10.0. The van der Waals surface area contributed by atoms with Crippen molar-refractivity contribution in [3.05, 3.63) is 62.5 Å². The number of aromatic nitrogens is 1. The molecular weight excluding hydrogens is 414 g/mol. The number of hydrogen-bond donors (Lipinski definition) is 2. The van der Waals surface area contributed by atoms with Crippen LogP contribution in [0, 0.1) is 6.92 Å². The standard InChI is InChI=1S/C19H22BrN3O4/c1-13-3-5-15(20)11-16(13)22-17(24)7-8-21-19(26)14-4-6-18(25)23(12-14)9-10-27-2/h3-6,11-12H,7-10H2,1-2H3,(H,21,26)(H,22,24). The van der Waals surface area contributed by atoms with Gasteiger partial charge in [-0.3, -0.25) is 14.4 Å². The van der Waals surface area contributed by atoms with Crippen LogP contribution >= 0.6 is 15.9 Å². The van der Waals surface area contributed by atoms with Crippen molar-refractivity contribution < 1.29 is 14.3 Å². The Kier molecular flexibility index (Phi) is 7.75. The molecule has 0 atom stereocenters. The molecule has 1 aromatic carbocycles. The van der Waals surface area contributed by atoms with Crippen LogP contribution in [-0.2, 0) is 16.1 Å². The molecule has 27 heavy (non-hydrogen) atoms. The van der Waals surface area contributed by atoms with Gasteiger partial charge in [0.2, 0.25) is 5.91 Å². The van der Waals surface area contributed by atoms with Crippen LogP contribution in [0.5, 0.6) is 0 Å². The number of methoxy groups -OCH3 is 1. The summed E-state index contributed by atoms with van der Waals surface area (Å²) >= 11 is 3.37. The zero-order chi connectivity index (χ0) is 19.8. The van der Waals surface area contributed by atoms with Gasteiger partial charge in [0.1, 0.15) is 0 Å². The van der Waals surface area contributed by atoms with E-state index in [1.54, 1.807) is 7.11 Å². The minimum atomic E-state index is -0.340. The number of anilines is 1. The number of halogens is 1. The second-order valence-corrected chi connectivity index (χ2v) is 6.87. The molecule has 2 amide bonds. The first-order valence-electron chi connectivity index (χ1n) is 8.44. The minimum Gasteiger partial charge on any atom is -0.383 e. The molecule has 8 heteroatoms. The Morgan fingerprint density at radius 2 is 2.00 bits per heavy atom. The molecule has 0 unspecified atom stereocenters. The lowest BCUT2D eigenvalue weighted by atomic mass is 10.2. The van der Waals surface area contributed by atoms with E-state index in [0.717, 1.165) is 15.7 Å². The van der Waals surface area contributed by atoms with Crippen LogP contribution in [0.1, 0.15) is 22.3 Å². The molecule has 0 saturated heterocycles. The van der Waals surface area contributed by atoms with E-state index < -0.39 is 0 Å². The number of carbonyl (C=O) groups is 2. The van der Waals surface area contributed by atoms with Gasteiger partial charge in [0.05, 0.1) is 12.2 Å². The summed E-state index contributed by atoms with van der Waals surface area (Å²) in [4.78, 5) is 36.0. The Bertz CT molecular complexity index is 879. The van der Waals surface area contributed by atoms with Crippen molar-refractivity contribution in [2.45, 2.75) is 19.9 Å². The molecule has 0 fully saturated rings. The number of pyridine rings is 1. The molecule has 2 N–H and O–H groups in total. The van der Waals surface area contributed by atoms with Crippen molar-refractivity contribution in [2.24, 2.45) is 0 Å². The lowest BCUT2D eigenvalue weighted by Gasteiger charge is -2.10. The van der Waals surface area contributed by atoms with Gasteiger partial charge in [-0.05, 0) is 30.7 Å². The van der Waals surface area contributed by atoms with E-state index in [1.165, 1.54) is 22.9 Å². The maximum atomic E-state index is 12.2. The highest BCUT2D eigenvalue weighted by atomic mass is 79.9. The van der Waals surface area contributed by atoms with Crippen LogP contribution in [0.15, 0.2) is 45.8 Å². The van der Waals surface area contributed by atoms with Crippen molar-refractivity contribution in [1.82, 2.24) is 9.88 Å². The molecule has 2 aromatic rings. The Morgan fingerprint density at radius 3 is 2.74 bits per heavy atom. The number of rotatable bonds is 8. The highest BCUT2D eigenvalue weighted by Gasteiger charge is 2.10. The van der Waals surface area contributed by atoms with Crippen LogP contribution in [0.4, 0.5) is 5.69 Å². The molecule has 0 spiro atoms. The largest absolute Gasteiger partial charge is 0.383 e. The lowest BCUT2D eigenvalue weighted by molar-refractivity contribution is -0.116. The predicted octanol–water partition coefficient (Wildman–Crippen LogP) is 2.32. The number of nitrogens with one attached hydrogen (secondary N) is 2. The van der Waals surface area contributed by atoms with Crippen molar-refractivity contribution in [2.75, 3.05) is 25.6 Å². The molecule has 0 aliphatic carbocycles. The van der Waals surface area contributed by atoms with E-state index in [4.69, 9.17) is 4.74 Å². The molecule has 144 valence electrons. The zero-order valence-electron chi connectivity index (χ0n) is 15.3. The SMILES string of the molecule is COCCn1cc(C(=O)NCCC(=O)Nc2cc(Br)ccc2C)ccc1=O. The van der Waals surface area contributed by atoms with Crippen LogP contribution in [0.2, 0.25) is 0 Å². The van der Waals surface area contributed by atoms with Gasteiger partial charge in [-0.25, -0.2) is 0 Å². The number of nitrogens with zero attached hydrogens (tertiary/aromatic N) is 1. The van der Waals surface area contributed by atoms with Gasteiger partial charge >= 0.3 is 0 Å². The molecule has 0 aliphatic heterocycles. The summed E-state index contributed by atoms with van der Waals surface area (Å²) in [6, 6.07) is 8.44. The quantitative estimate of drug-likeness (QED) is 0.665. The van der Waals surface area contributed by atoms with Gasteiger partial charge in [-0.1, -0.05) is 22.0 Å². The first-order chi connectivity index (χ1) is 12.9. The maximum Gasteiger partial charge on any atom is 0.252 e. The Labute approximate surface area is 165 Å². The average Bonchev–Trinajstić information content (AvgIpc) is 2.64. The summed E-state index contributed by atoms with van der Waals surface area (Å²) in [5, 5.41) is 5.51. The third-order valence-corrected chi connectivity index (χ3v) is 4.39. The third kappa shape index (κ3) is 6.33. The van der Waals surface area contributed by atoms with E-state index in [0.29, 0.717) is 18.7 Å². The third-order valence-electron chi connectivity index (χ3n) is 3.89. The number of benzene rings is 1. The smallest absolute Gasteiger partial charge is 0.252 e. The molecular formula is C19H22BrN3O4. The summed E-state index contributed by atoms with van der Waals surface area (Å²) in [7, 11) is 1.54. The van der Waals surface area contributed by atoms with E-state index in [-0.39, 0.29) is 30.3 Å². The fraction of sp³-hybridized carbons (Fsp3) is 0.316. The minimum absolute atomic E-state index is 0.140. The Hall–Kier alpha value is -2.45. The van der Waals surface area contributed by atoms with E-state index in [1.807, 2.05) is 25.1 Å². The molecule has 1 aromatic heterocycles. The van der Waals surface area contributed by atoms with E-state index >= 15 is 0 Å². The zero-order valence-corrected chi connectivity index (χ0v) is 16.8. The molecule has 1 heterocycles. The van der Waals surface area contributed by atoms with E-state index in [2.05, 4.69) is 26.6 Å². The summed E-state index contributed by atoms with van der Waals surface area (Å²) in [6.07, 6.45) is 1.63. The van der Waals surface area contributed by atoms with Gasteiger partial charge in [0.15, 0.2) is 0 Å². The van der Waals surface area contributed by atoms with Gasteiger partial charge in [0, 0.05) is 49.0 Å². The first kappa shape index (κ1) is 20.9. The topological polar surface area (TPSA) is 89.4 Å². The number of ether oxygens (including phenoxy) is 1. The summed E-state index contributed by atoms with van der Waals surface area (Å²) < 4.78 is 7.24. The number of aryl methyl sites for hydroxylation is 1. The van der Waals surface area contributed by atoms with Crippen LogP contribution in [0.3, 0.4) is 0 Å². The van der Waals surface area contributed by atoms with E-state index in [9.17, 15) is 14.4 Å². The number of amides is 2. The monoisotopic (exact) mass is 435 g/mol. The summed E-state index contributed by atoms with van der Waals surface area (Å²) in [5.41, 5.74) is 1.83. The van der Waals surface area contributed by atoms with Gasteiger partial charge in [0.25, 0.3) is 11.5 Å². The normalized spacial score (nSPS) is 10.5. The average molecular weight is 436 g/mol. The number of carbonyl (C=O) groups excluding carboxylic acids is 2. The second-order valence-electron chi connectivity index (χ2n) is 5.96. The van der Waals surface area contributed by atoms with Gasteiger partial charge in [-0.15, -0.1) is 0 Å². The lowest BCUT2D eigenvalue weighted by Crippen LogP contribution is -2.29. The van der Waals surface area contributed by atoms with Crippen molar-refractivity contribution in [3.8, 4) is 0 Å². The van der Waals surface area contributed by atoms with Gasteiger partial charge in [-0.2, -0.15) is 0 Å². The Morgan fingerprint density at radius 1 is 1.22 bits per heavy atom. The van der Waals surface area contributed by atoms with Crippen LogP contribution in [-0.4, -0.2) is 36.6 Å². The summed E-state index contributed by atoms with van der Waals surface area (Å²) in [5.74, 6) is -0.533. The van der Waals surface area contributed by atoms with Crippen molar-refractivity contribution in [3.63, 3.8) is 0 Å². The highest BCUT2D eigenvalue weighted by molar-refractivity contribution is 9.10. The fourth-order valence-corrected chi connectivity index (χ4v) is 2.72. The molecule has 0 bridgehead atoms. The van der Waals surface area contributed by atoms with Crippen LogP contribution < -0.4 is 16.2 Å². The molecule has 0 radical (unpaired) electrons. The maximum absolute atomic E-state index is 12.2. The predicted molar refractivity (Wildman–Crippen MR) is 107 cm³/mol. The summed E-state index contributed by atoms with van der Waals surface area (Å²) in [6.45, 7) is 2.84. The van der Waals surface area contributed by atoms with Crippen LogP contribution in [0.25, 0.3) is 0 Å². The van der Waals surface area contributed by atoms with Gasteiger partial charge < -0.3 is 19.9 Å². The molecule has 0 saturated carbocycles. The molecule has 2 rings (SSSR count).